The lowest BCUT2D eigenvalue weighted by Crippen LogP contribution is -2.47. The number of halogens is 1. The van der Waals surface area contributed by atoms with Crippen molar-refractivity contribution >= 4 is 23.6 Å². The van der Waals surface area contributed by atoms with Crippen LogP contribution in [0.15, 0.2) is 18.2 Å². The van der Waals surface area contributed by atoms with Crippen molar-refractivity contribution in [3.05, 3.63) is 29.6 Å². The zero-order chi connectivity index (χ0) is 25.9. The van der Waals surface area contributed by atoms with E-state index in [0.29, 0.717) is 18.2 Å². The van der Waals surface area contributed by atoms with Gasteiger partial charge in [0.1, 0.15) is 17.5 Å². The minimum atomic E-state index is -0.523. The van der Waals surface area contributed by atoms with Gasteiger partial charge in [-0.25, -0.2) is 9.18 Å². The van der Waals surface area contributed by atoms with Gasteiger partial charge in [-0.15, -0.1) is 0 Å². The lowest BCUT2D eigenvalue weighted by molar-refractivity contribution is -0.133. The van der Waals surface area contributed by atoms with Crippen molar-refractivity contribution in [3.63, 3.8) is 0 Å². The third-order valence-electron chi connectivity index (χ3n) is 7.48. The number of piperidine rings is 2. The predicted molar refractivity (Wildman–Crippen MR) is 135 cm³/mol. The minimum Gasteiger partial charge on any atom is -0.444 e. The molecule has 0 spiro atoms. The molecule has 3 amide bonds. The van der Waals surface area contributed by atoms with Gasteiger partial charge in [0.05, 0.1) is 0 Å². The Labute approximate surface area is 212 Å². The van der Waals surface area contributed by atoms with Crippen LogP contribution in [0.3, 0.4) is 0 Å². The van der Waals surface area contributed by atoms with E-state index in [0.717, 1.165) is 57.2 Å². The number of benzene rings is 1. The molecule has 0 radical (unpaired) electrons. The zero-order valence-corrected chi connectivity index (χ0v) is 21.6. The molecule has 3 fully saturated rings. The Balaban J connectivity index is 1.23. The Morgan fingerprint density at radius 3 is 2.36 bits per heavy atom. The topological polar surface area (TPSA) is 99.8 Å². The van der Waals surface area contributed by atoms with Crippen molar-refractivity contribution in [1.29, 1.82) is 0 Å². The fourth-order valence-electron chi connectivity index (χ4n) is 5.62. The first-order valence-corrected chi connectivity index (χ1v) is 13.2. The molecule has 0 bridgehead atoms. The summed E-state index contributed by atoms with van der Waals surface area (Å²) in [5, 5.41) is 8.37. The number of amides is 3. The highest BCUT2D eigenvalue weighted by Gasteiger charge is 2.32. The molecule has 1 aliphatic carbocycles. The van der Waals surface area contributed by atoms with Gasteiger partial charge in [0.25, 0.3) is 0 Å². The molecule has 0 aromatic heterocycles. The Morgan fingerprint density at radius 2 is 1.75 bits per heavy atom. The van der Waals surface area contributed by atoms with Gasteiger partial charge in [0, 0.05) is 24.2 Å². The number of imide groups is 1. The van der Waals surface area contributed by atoms with E-state index in [2.05, 4.69) is 20.9 Å². The van der Waals surface area contributed by atoms with Gasteiger partial charge in [0.15, 0.2) is 0 Å². The summed E-state index contributed by atoms with van der Waals surface area (Å²) in [4.78, 5) is 37.9. The van der Waals surface area contributed by atoms with Crippen LogP contribution in [-0.2, 0) is 14.3 Å². The largest absolute Gasteiger partial charge is 0.444 e. The molecule has 9 heteroatoms. The maximum Gasteiger partial charge on any atom is 0.407 e. The van der Waals surface area contributed by atoms with Crippen LogP contribution in [0.4, 0.5) is 14.9 Å². The van der Waals surface area contributed by atoms with Crippen LogP contribution in [-0.4, -0.2) is 59.6 Å². The Kier molecular flexibility index (Phi) is 8.17. The molecule has 8 nitrogen and oxygen atoms in total. The lowest BCUT2D eigenvalue weighted by atomic mass is 9.85. The quantitative estimate of drug-likeness (QED) is 0.525. The van der Waals surface area contributed by atoms with E-state index in [4.69, 9.17) is 4.74 Å². The predicted octanol–water partition coefficient (Wildman–Crippen LogP) is 4.06. The smallest absolute Gasteiger partial charge is 0.407 e. The van der Waals surface area contributed by atoms with E-state index in [-0.39, 0.29) is 42.1 Å². The van der Waals surface area contributed by atoms with Crippen LogP contribution in [0.1, 0.15) is 83.6 Å². The number of nitrogens with zero attached hydrogens (tertiary/aromatic N) is 1. The van der Waals surface area contributed by atoms with E-state index in [1.54, 1.807) is 0 Å². The molecule has 1 unspecified atom stereocenters. The standard InChI is InChI=1S/C27H39FN4O4/c1-27(2,3)36-26(35)30-18-4-7-20(8-5-18)32-14-12-17(13-15-32)21-9-6-19(16-22(21)28)29-23-10-11-24(33)31-25(23)34/h6,9,16-18,20,23,29H,4-5,7-8,10-15H2,1-3H3,(H,30,35)(H,31,33,34)/t18-,20-,23?. The maximum absolute atomic E-state index is 15.0. The number of rotatable bonds is 5. The summed E-state index contributed by atoms with van der Waals surface area (Å²) in [7, 11) is 0. The second-order valence-electron chi connectivity index (χ2n) is 11.3. The first-order chi connectivity index (χ1) is 17.1. The summed E-state index contributed by atoms with van der Waals surface area (Å²) in [5.41, 5.74) is 0.795. The molecule has 1 atom stereocenters. The Bertz CT molecular complexity index is 963. The maximum atomic E-state index is 15.0. The number of anilines is 1. The lowest BCUT2D eigenvalue weighted by Gasteiger charge is -2.41. The van der Waals surface area contributed by atoms with E-state index >= 15 is 0 Å². The fraction of sp³-hybridized carbons (Fsp3) is 0.667. The summed E-state index contributed by atoms with van der Waals surface area (Å²) >= 11 is 0. The summed E-state index contributed by atoms with van der Waals surface area (Å²) in [6, 6.07) is 5.27. The first-order valence-electron chi connectivity index (χ1n) is 13.2. The van der Waals surface area contributed by atoms with Crippen molar-refractivity contribution < 1.29 is 23.5 Å². The number of likely N-dealkylation sites (tertiary alicyclic amines) is 1. The summed E-state index contributed by atoms with van der Waals surface area (Å²) in [6.07, 6.45) is 6.14. The number of nitrogens with one attached hydrogen (secondary N) is 3. The number of ether oxygens (including phenoxy) is 1. The SMILES string of the molecule is CC(C)(C)OC(=O)N[C@H]1CC[C@H](N2CCC(c3ccc(NC4CCC(=O)NC4=O)cc3F)CC2)CC1. The van der Waals surface area contributed by atoms with E-state index in [9.17, 15) is 18.8 Å². The summed E-state index contributed by atoms with van der Waals surface area (Å²) in [5.74, 6) is -0.704. The average Bonchev–Trinajstić information content (AvgIpc) is 2.80. The molecule has 1 aromatic rings. The van der Waals surface area contributed by atoms with Crippen molar-refractivity contribution in [1.82, 2.24) is 15.5 Å². The number of hydrogen-bond acceptors (Lipinski definition) is 6. The number of hydrogen-bond donors (Lipinski definition) is 3. The van der Waals surface area contributed by atoms with Crippen molar-refractivity contribution in [3.8, 4) is 0 Å². The Morgan fingerprint density at radius 1 is 1.06 bits per heavy atom. The molecule has 2 saturated heterocycles. The second-order valence-corrected chi connectivity index (χ2v) is 11.3. The summed E-state index contributed by atoms with van der Waals surface area (Å²) < 4.78 is 20.4. The van der Waals surface area contributed by atoms with Crippen LogP contribution >= 0.6 is 0 Å². The summed E-state index contributed by atoms with van der Waals surface area (Å²) in [6.45, 7) is 7.48. The van der Waals surface area contributed by atoms with Crippen LogP contribution in [0.2, 0.25) is 0 Å². The molecular weight excluding hydrogens is 463 g/mol. The third-order valence-corrected chi connectivity index (χ3v) is 7.48. The highest BCUT2D eigenvalue weighted by Crippen LogP contribution is 2.34. The number of alkyl carbamates (subject to hydrolysis) is 1. The van der Waals surface area contributed by atoms with E-state index < -0.39 is 11.6 Å². The fourth-order valence-corrected chi connectivity index (χ4v) is 5.62. The zero-order valence-electron chi connectivity index (χ0n) is 21.6. The molecule has 1 aromatic carbocycles. The van der Waals surface area contributed by atoms with Gasteiger partial charge in [0.2, 0.25) is 11.8 Å². The molecular formula is C27H39FN4O4. The van der Waals surface area contributed by atoms with Gasteiger partial charge < -0.3 is 20.3 Å². The molecule has 36 heavy (non-hydrogen) atoms. The monoisotopic (exact) mass is 502 g/mol. The molecule has 3 aliphatic rings. The molecule has 3 N–H and O–H groups in total. The van der Waals surface area contributed by atoms with Crippen LogP contribution in [0, 0.1) is 5.82 Å². The van der Waals surface area contributed by atoms with Gasteiger partial charge in [-0.3, -0.25) is 14.9 Å². The van der Waals surface area contributed by atoms with Gasteiger partial charge in [-0.05, 0) is 102 Å². The molecule has 2 aliphatic heterocycles. The first kappa shape index (κ1) is 26.4. The van der Waals surface area contributed by atoms with Gasteiger partial charge in [-0.1, -0.05) is 6.07 Å². The molecule has 1 saturated carbocycles. The number of carbonyl (C=O) groups is 3. The Hall–Kier alpha value is -2.68. The molecule has 4 rings (SSSR count). The highest BCUT2D eigenvalue weighted by atomic mass is 19.1. The van der Waals surface area contributed by atoms with E-state index in [1.807, 2.05) is 32.9 Å². The van der Waals surface area contributed by atoms with Crippen LogP contribution < -0.4 is 16.0 Å². The average molecular weight is 503 g/mol. The number of carbonyl (C=O) groups excluding carboxylic acids is 3. The highest BCUT2D eigenvalue weighted by molar-refractivity contribution is 6.01. The normalized spacial score (nSPS) is 26.3. The van der Waals surface area contributed by atoms with Crippen molar-refractivity contribution in [2.75, 3.05) is 18.4 Å². The van der Waals surface area contributed by atoms with Crippen LogP contribution in [0.5, 0.6) is 0 Å². The van der Waals surface area contributed by atoms with E-state index in [1.165, 1.54) is 6.07 Å². The van der Waals surface area contributed by atoms with Gasteiger partial charge in [-0.2, -0.15) is 0 Å². The second kappa shape index (κ2) is 11.2. The van der Waals surface area contributed by atoms with Gasteiger partial charge >= 0.3 is 6.09 Å². The van der Waals surface area contributed by atoms with Crippen molar-refractivity contribution in [2.45, 2.75) is 102 Å². The minimum absolute atomic E-state index is 0.162. The van der Waals surface area contributed by atoms with Crippen LogP contribution in [0.25, 0.3) is 0 Å². The third kappa shape index (κ3) is 6.96. The van der Waals surface area contributed by atoms with Crippen molar-refractivity contribution in [2.24, 2.45) is 0 Å². The molecule has 2 heterocycles. The molecule has 198 valence electrons.